The van der Waals surface area contributed by atoms with Crippen molar-refractivity contribution in [2.24, 2.45) is 5.11 Å². The molecule has 2 aliphatic heterocycles. The van der Waals surface area contributed by atoms with E-state index in [1.165, 1.54) is 29.8 Å². The van der Waals surface area contributed by atoms with Crippen molar-refractivity contribution in [3.63, 3.8) is 0 Å². The molecule has 15 heteroatoms. The monoisotopic (exact) mass is 526 g/mol. The van der Waals surface area contributed by atoms with Crippen LogP contribution in [0.2, 0.25) is 0 Å². The number of benzene rings is 1. The lowest BCUT2D eigenvalue weighted by molar-refractivity contribution is -0.115. The summed E-state index contributed by atoms with van der Waals surface area (Å²) in [5.41, 5.74) is 7.37. The Morgan fingerprint density at radius 1 is 1.27 bits per heavy atom. The molecule has 10 nitrogen and oxygen atoms in total. The molecule has 2 aliphatic rings. The van der Waals surface area contributed by atoms with Crippen LogP contribution in [0.25, 0.3) is 16.6 Å². The van der Waals surface area contributed by atoms with E-state index >= 15 is 4.39 Å². The smallest absolute Gasteiger partial charge is 0.405 e. The summed E-state index contributed by atoms with van der Waals surface area (Å²) >= 11 is 0. The van der Waals surface area contributed by atoms with Gasteiger partial charge in [-0.2, -0.15) is 23.3 Å². The Morgan fingerprint density at radius 3 is 2.70 bits per heavy atom. The molecular weight excluding hydrogens is 503 g/mol. The zero-order chi connectivity index (χ0) is 26.3. The zero-order valence-electron chi connectivity index (χ0n) is 19.5. The van der Waals surface area contributed by atoms with E-state index in [1.54, 1.807) is 0 Å². The summed E-state index contributed by atoms with van der Waals surface area (Å²) in [5, 5.41) is 12.6. The fourth-order valence-electron chi connectivity index (χ4n) is 4.45. The van der Waals surface area contributed by atoms with Crippen molar-refractivity contribution in [3.8, 4) is 17.0 Å². The Bertz CT molecular complexity index is 1310. The van der Waals surface area contributed by atoms with Gasteiger partial charge in [-0.25, -0.2) is 18.8 Å². The topological polar surface area (TPSA) is 112 Å². The average Bonchev–Trinajstić information content (AvgIpc) is 3.33. The minimum Gasteiger partial charge on any atom is -0.479 e. The highest BCUT2D eigenvalue weighted by Crippen LogP contribution is 2.38. The van der Waals surface area contributed by atoms with Crippen molar-refractivity contribution in [3.05, 3.63) is 30.2 Å². The van der Waals surface area contributed by atoms with Crippen molar-refractivity contribution < 1.29 is 31.4 Å². The number of nitrogens with zero attached hydrogens (tertiary/aromatic N) is 5. The first-order valence-corrected chi connectivity index (χ1v) is 11.3. The number of halogens is 5. The van der Waals surface area contributed by atoms with Crippen LogP contribution >= 0.6 is 0 Å². The molecule has 2 fully saturated rings. The Morgan fingerprint density at radius 2 is 2.05 bits per heavy atom. The van der Waals surface area contributed by atoms with Gasteiger partial charge < -0.3 is 20.1 Å². The Balaban J connectivity index is 1.47. The van der Waals surface area contributed by atoms with E-state index in [9.17, 15) is 17.6 Å². The summed E-state index contributed by atoms with van der Waals surface area (Å²) in [6.07, 6.45) is -4.61. The number of ether oxygens (including phenoxy) is 2. The minimum atomic E-state index is -4.51. The van der Waals surface area contributed by atoms with Gasteiger partial charge in [0.1, 0.15) is 23.9 Å². The molecule has 198 valence electrons. The third kappa shape index (κ3) is 5.00. The predicted octanol–water partition coefficient (Wildman–Crippen LogP) is 4.01. The molecule has 0 radical (unpaired) electrons. The fraction of sp³-hybridized carbons (Fsp3) is 0.455. The number of rotatable bonds is 8. The van der Waals surface area contributed by atoms with Crippen LogP contribution in [0, 0.1) is 11.3 Å². The number of alkyl halides is 4. The summed E-state index contributed by atoms with van der Waals surface area (Å²) < 4.78 is 79.8. The Kier molecular flexibility index (Phi) is 6.58. The number of fused-ring (bicyclic) bond motifs is 1. The van der Waals surface area contributed by atoms with Crippen LogP contribution in [0.4, 0.5) is 39.3 Å². The highest BCUT2D eigenvalue weighted by atomic mass is 19.4. The number of nitrogens with one attached hydrogen (secondary N) is 3. The minimum absolute atomic E-state index is 0.0182. The molecule has 3 aromatic rings. The van der Waals surface area contributed by atoms with Gasteiger partial charge in [-0.3, -0.25) is 4.90 Å². The van der Waals surface area contributed by atoms with Gasteiger partial charge in [-0.1, -0.05) is 6.07 Å². The average molecular weight is 526 g/mol. The predicted molar refractivity (Wildman–Crippen MR) is 123 cm³/mol. The second-order valence-corrected chi connectivity index (χ2v) is 8.81. The molecule has 4 heterocycles. The zero-order valence-corrected chi connectivity index (χ0v) is 19.5. The van der Waals surface area contributed by atoms with Gasteiger partial charge in [0.2, 0.25) is 11.8 Å². The highest BCUT2D eigenvalue weighted by molar-refractivity contribution is 5.88. The quantitative estimate of drug-likeness (QED) is 0.300. The van der Waals surface area contributed by atoms with E-state index in [1.807, 2.05) is 4.90 Å². The number of likely N-dealkylation sites (tertiary alicyclic amines) is 1. The molecule has 3 N–H and O–H groups in total. The Hall–Kier alpha value is -3.59. The molecule has 37 heavy (non-hydrogen) atoms. The standard InChI is InChI=1S/C22H23F5N8O2/c1-36-20-19-18(11-2-3-15(32-28)16(4-11)29-10-22(25,26)27)14(24)6-35(19)33-21(31-20)30-17-7-34(5-13(17)23)12-8-37-9-12/h2-4,6,12-13,17,28-29H,5,7-10H2,1H3,(H,30,33)/t13-,17+/m0/s1. The lowest BCUT2D eigenvalue weighted by Gasteiger charge is -2.34. The van der Waals surface area contributed by atoms with Crippen LogP contribution in [-0.2, 0) is 4.74 Å². The Labute approximate surface area is 207 Å². The number of methoxy groups -OCH3 is 1. The number of anilines is 2. The maximum Gasteiger partial charge on any atom is 0.405 e. The fourth-order valence-corrected chi connectivity index (χ4v) is 4.45. The van der Waals surface area contributed by atoms with E-state index in [0.717, 1.165) is 6.20 Å². The molecule has 0 bridgehead atoms. The van der Waals surface area contributed by atoms with Crippen LogP contribution in [0.1, 0.15) is 0 Å². The van der Waals surface area contributed by atoms with Crippen molar-refractivity contribution in [2.75, 3.05) is 50.6 Å². The molecule has 2 saturated heterocycles. The van der Waals surface area contributed by atoms with Crippen molar-refractivity contribution in [1.29, 1.82) is 5.53 Å². The van der Waals surface area contributed by atoms with E-state index in [-0.39, 0.29) is 52.4 Å². The molecule has 0 spiro atoms. The number of hydrogen-bond acceptors (Lipinski definition) is 9. The summed E-state index contributed by atoms with van der Waals surface area (Å²) in [7, 11) is 1.32. The summed E-state index contributed by atoms with van der Waals surface area (Å²) in [6.45, 7) is 0.433. The molecule has 0 aliphatic carbocycles. The largest absolute Gasteiger partial charge is 0.479 e. The molecule has 1 aromatic carbocycles. The van der Waals surface area contributed by atoms with Crippen molar-refractivity contribution >= 4 is 22.8 Å². The third-order valence-electron chi connectivity index (χ3n) is 6.36. The number of hydrogen-bond donors (Lipinski definition) is 3. The lowest BCUT2D eigenvalue weighted by atomic mass is 10.0. The maximum atomic E-state index is 15.2. The molecule has 0 saturated carbocycles. The maximum absolute atomic E-state index is 15.2. The van der Waals surface area contributed by atoms with E-state index in [4.69, 9.17) is 15.0 Å². The van der Waals surface area contributed by atoms with Crippen LogP contribution < -0.4 is 15.4 Å². The first-order chi connectivity index (χ1) is 17.7. The lowest BCUT2D eigenvalue weighted by Crippen LogP contribution is -2.48. The van der Waals surface area contributed by atoms with E-state index in [2.05, 4.69) is 25.8 Å². The van der Waals surface area contributed by atoms with Gasteiger partial charge in [0, 0.05) is 13.1 Å². The second-order valence-electron chi connectivity index (χ2n) is 8.81. The summed E-state index contributed by atoms with van der Waals surface area (Å²) in [6, 6.07) is 3.56. The van der Waals surface area contributed by atoms with Crippen LogP contribution in [0.3, 0.4) is 0 Å². The highest BCUT2D eigenvalue weighted by Gasteiger charge is 2.39. The summed E-state index contributed by atoms with van der Waals surface area (Å²) in [5.74, 6) is -0.725. The van der Waals surface area contributed by atoms with Crippen LogP contribution in [-0.4, -0.2) is 83.9 Å². The van der Waals surface area contributed by atoms with E-state index in [0.29, 0.717) is 19.8 Å². The number of aromatic nitrogens is 3. The SMILES string of the molecule is COc1nc(N[C@@H]2CN(C3COC3)C[C@@H]2F)nn2cc(F)c(-c3ccc(N=N)c(NCC(F)(F)F)c3)c12. The molecule has 2 aromatic heterocycles. The third-order valence-corrected chi connectivity index (χ3v) is 6.36. The molecule has 0 unspecified atom stereocenters. The van der Waals surface area contributed by atoms with Gasteiger partial charge in [0.25, 0.3) is 0 Å². The normalized spacial score (nSPS) is 20.7. The molecular formula is C22H23F5N8O2. The van der Waals surface area contributed by atoms with Gasteiger partial charge >= 0.3 is 6.18 Å². The van der Waals surface area contributed by atoms with Gasteiger partial charge in [0.05, 0.1) is 49.9 Å². The van der Waals surface area contributed by atoms with Crippen molar-refractivity contribution in [1.82, 2.24) is 19.5 Å². The summed E-state index contributed by atoms with van der Waals surface area (Å²) in [4.78, 5) is 6.28. The first kappa shape index (κ1) is 25.1. The van der Waals surface area contributed by atoms with Gasteiger partial charge in [-0.05, 0) is 17.7 Å². The second kappa shape index (κ2) is 9.70. The van der Waals surface area contributed by atoms with Gasteiger partial charge in [0.15, 0.2) is 5.82 Å². The van der Waals surface area contributed by atoms with E-state index < -0.39 is 30.8 Å². The van der Waals surface area contributed by atoms with Crippen molar-refractivity contribution in [2.45, 2.75) is 24.4 Å². The van der Waals surface area contributed by atoms with Gasteiger partial charge in [-0.15, -0.1) is 5.10 Å². The molecule has 5 rings (SSSR count). The van der Waals surface area contributed by atoms with Crippen LogP contribution in [0.15, 0.2) is 29.5 Å². The first-order valence-electron chi connectivity index (χ1n) is 11.3. The molecule has 0 amide bonds. The molecule has 2 atom stereocenters. The van der Waals surface area contributed by atoms with Crippen LogP contribution in [0.5, 0.6) is 5.88 Å².